The summed E-state index contributed by atoms with van der Waals surface area (Å²) in [5, 5.41) is 2.89. The van der Waals surface area contributed by atoms with Crippen molar-refractivity contribution >= 4 is 17.5 Å². The van der Waals surface area contributed by atoms with E-state index in [0.29, 0.717) is 13.0 Å². The first kappa shape index (κ1) is 15.5. The quantitative estimate of drug-likeness (QED) is 0.925. The number of para-hydroxylation sites is 1. The third kappa shape index (κ3) is 3.26. The average molecular weight is 288 g/mol. The molecule has 2 atom stereocenters. The Bertz CT molecular complexity index is 527. The summed E-state index contributed by atoms with van der Waals surface area (Å²) in [6.07, 6.45) is 2.09. The Hall–Kier alpha value is -1.84. The maximum atomic E-state index is 12.9. The van der Waals surface area contributed by atoms with Crippen molar-refractivity contribution < 1.29 is 9.59 Å². The van der Waals surface area contributed by atoms with Crippen LogP contribution in [0.15, 0.2) is 24.3 Å². The number of rotatable bonds is 4. The van der Waals surface area contributed by atoms with Gasteiger partial charge in [0.1, 0.15) is 6.04 Å². The van der Waals surface area contributed by atoms with Crippen LogP contribution in [0.1, 0.15) is 39.2 Å². The van der Waals surface area contributed by atoms with E-state index in [0.717, 1.165) is 24.1 Å². The summed E-state index contributed by atoms with van der Waals surface area (Å²) in [5.41, 5.74) is 2.08. The molecule has 0 aromatic heterocycles. The van der Waals surface area contributed by atoms with E-state index in [4.69, 9.17) is 0 Å². The Morgan fingerprint density at radius 1 is 1.29 bits per heavy atom. The van der Waals surface area contributed by atoms with Gasteiger partial charge in [-0.15, -0.1) is 0 Å². The van der Waals surface area contributed by atoms with Crippen molar-refractivity contribution in [3.8, 4) is 0 Å². The van der Waals surface area contributed by atoms with Crippen molar-refractivity contribution in [3.05, 3.63) is 29.8 Å². The van der Waals surface area contributed by atoms with E-state index in [9.17, 15) is 9.59 Å². The summed E-state index contributed by atoms with van der Waals surface area (Å²) in [4.78, 5) is 26.6. The Labute approximate surface area is 126 Å². The second kappa shape index (κ2) is 6.74. The molecule has 1 aromatic rings. The molecule has 4 nitrogen and oxygen atoms in total. The van der Waals surface area contributed by atoms with E-state index in [-0.39, 0.29) is 17.7 Å². The van der Waals surface area contributed by atoms with Crippen LogP contribution < -0.4 is 10.2 Å². The summed E-state index contributed by atoms with van der Waals surface area (Å²) < 4.78 is 0. The van der Waals surface area contributed by atoms with Gasteiger partial charge in [0.25, 0.3) is 0 Å². The molecule has 2 unspecified atom stereocenters. The summed E-state index contributed by atoms with van der Waals surface area (Å²) in [6, 6.07) is 7.52. The molecule has 0 spiro atoms. The van der Waals surface area contributed by atoms with Gasteiger partial charge in [0.15, 0.2) is 0 Å². The average Bonchev–Trinajstić information content (AvgIpc) is 2.66. The fourth-order valence-corrected chi connectivity index (χ4v) is 2.73. The number of hydrogen-bond donors (Lipinski definition) is 1. The van der Waals surface area contributed by atoms with Gasteiger partial charge in [-0.1, -0.05) is 45.4 Å². The summed E-state index contributed by atoms with van der Waals surface area (Å²) in [5.74, 6) is 0.108. The Balaban J connectivity index is 2.37. The molecule has 2 amide bonds. The fraction of sp³-hybridized carbons (Fsp3) is 0.529. The lowest BCUT2D eigenvalue weighted by molar-refractivity contribution is -0.126. The van der Waals surface area contributed by atoms with E-state index in [1.54, 1.807) is 4.90 Å². The van der Waals surface area contributed by atoms with Gasteiger partial charge in [0.05, 0.1) is 0 Å². The van der Waals surface area contributed by atoms with Crippen molar-refractivity contribution in [2.24, 2.45) is 5.92 Å². The van der Waals surface area contributed by atoms with E-state index in [2.05, 4.69) is 12.2 Å². The van der Waals surface area contributed by atoms with Crippen LogP contribution in [-0.2, 0) is 16.0 Å². The minimum atomic E-state index is -0.421. The smallest absolute Gasteiger partial charge is 0.249 e. The monoisotopic (exact) mass is 288 g/mol. The van der Waals surface area contributed by atoms with Crippen molar-refractivity contribution in [1.29, 1.82) is 0 Å². The molecule has 1 aromatic carbocycles. The topological polar surface area (TPSA) is 49.4 Å². The number of hydrogen-bond acceptors (Lipinski definition) is 2. The molecule has 21 heavy (non-hydrogen) atoms. The number of amides is 2. The molecule has 2 rings (SSSR count). The van der Waals surface area contributed by atoms with Gasteiger partial charge in [-0.05, 0) is 24.0 Å². The van der Waals surface area contributed by atoms with Crippen LogP contribution in [-0.4, -0.2) is 24.4 Å². The number of nitrogens with one attached hydrogen (secondary N) is 1. The minimum Gasteiger partial charge on any atom is -0.344 e. The lowest BCUT2D eigenvalue weighted by Crippen LogP contribution is -2.48. The van der Waals surface area contributed by atoms with Crippen molar-refractivity contribution in [2.45, 2.75) is 46.1 Å². The first-order valence-electron chi connectivity index (χ1n) is 7.77. The fourth-order valence-electron chi connectivity index (χ4n) is 2.73. The molecule has 1 aliphatic rings. The Morgan fingerprint density at radius 2 is 2.00 bits per heavy atom. The van der Waals surface area contributed by atoms with Gasteiger partial charge >= 0.3 is 0 Å². The summed E-state index contributed by atoms with van der Waals surface area (Å²) >= 11 is 0. The van der Waals surface area contributed by atoms with Crippen LogP contribution in [0.2, 0.25) is 0 Å². The minimum absolute atomic E-state index is 0.0103. The zero-order valence-corrected chi connectivity index (χ0v) is 13.1. The van der Waals surface area contributed by atoms with Crippen molar-refractivity contribution in [1.82, 2.24) is 5.32 Å². The van der Waals surface area contributed by atoms with E-state index < -0.39 is 6.04 Å². The SMILES string of the molecule is CCc1ccccc1N1CCC(=O)NC(C(C)CC)C1=O. The zero-order chi connectivity index (χ0) is 15.4. The molecular weight excluding hydrogens is 264 g/mol. The van der Waals surface area contributed by atoms with Crippen molar-refractivity contribution in [3.63, 3.8) is 0 Å². The van der Waals surface area contributed by atoms with Crippen LogP contribution in [0.25, 0.3) is 0 Å². The molecule has 0 aliphatic carbocycles. The number of carbonyl (C=O) groups excluding carboxylic acids is 2. The molecular formula is C17H24N2O2. The molecule has 1 N–H and O–H groups in total. The summed E-state index contributed by atoms with van der Waals surface area (Å²) in [6.45, 7) is 6.59. The number of benzene rings is 1. The van der Waals surface area contributed by atoms with Crippen LogP contribution in [0.5, 0.6) is 0 Å². The number of carbonyl (C=O) groups is 2. The van der Waals surface area contributed by atoms with E-state index in [1.165, 1.54) is 0 Å². The molecule has 0 radical (unpaired) electrons. The molecule has 1 aliphatic heterocycles. The largest absolute Gasteiger partial charge is 0.344 e. The molecule has 0 saturated carbocycles. The Kier molecular flexibility index (Phi) is 4.99. The molecule has 114 valence electrons. The van der Waals surface area contributed by atoms with Crippen LogP contribution in [0, 0.1) is 5.92 Å². The van der Waals surface area contributed by atoms with Gasteiger partial charge in [-0.2, -0.15) is 0 Å². The second-order valence-corrected chi connectivity index (χ2v) is 5.65. The molecule has 0 bridgehead atoms. The predicted octanol–water partition coefficient (Wildman–Crippen LogP) is 2.52. The highest BCUT2D eigenvalue weighted by atomic mass is 16.2. The third-order valence-corrected chi connectivity index (χ3v) is 4.29. The normalized spacial score (nSPS) is 20.9. The Morgan fingerprint density at radius 3 is 2.67 bits per heavy atom. The highest BCUT2D eigenvalue weighted by Gasteiger charge is 2.34. The predicted molar refractivity (Wildman–Crippen MR) is 84.2 cm³/mol. The van der Waals surface area contributed by atoms with Crippen LogP contribution in [0.4, 0.5) is 5.69 Å². The van der Waals surface area contributed by atoms with E-state index in [1.807, 2.05) is 38.1 Å². The van der Waals surface area contributed by atoms with E-state index >= 15 is 0 Å². The van der Waals surface area contributed by atoms with Gasteiger partial charge in [-0.25, -0.2) is 0 Å². The standard InChI is InChI=1S/C17H24N2O2/c1-4-12(3)16-17(21)19(11-10-15(20)18-16)14-9-7-6-8-13(14)5-2/h6-9,12,16H,4-5,10-11H2,1-3H3,(H,18,20). The maximum absolute atomic E-state index is 12.9. The lowest BCUT2D eigenvalue weighted by atomic mass is 9.97. The third-order valence-electron chi connectivity index (χ3n) is 4.29. The first-order valence-corrected chi connectivity index (χ1v) is 7.77. The lowest BCUT2D eigenvalue weighted by Gasteiger charge is -2.28. The maximum Gasteiger partial charge on any atom is 0.249 e. The molecule has 1 heterocycles. The van der Waals surface area contributed by atoms with Gasteiger partial charge in [0.2, 0.25) is 11.8 Å². The zero-order valence-electron chi connectivity index (χ0n) is 13.1. The second-order valence-electron chi connectivity index (χ2n) is 5.65. The highest BCUT2D eigenvalue weighted by Crippen LogP contribution is 2.25. The molecule has 4 heteroatoms. The first-order chi connectivity index (χ1) is 10.1. The van der Waals surface area contributed by atoms with Gasteiger partial charge in [0, 0.05) is 18.7 Å². The highest BCUT2D eigenvalue weighted by molar-refractivity contribution is 6.01. The number of aryl methyl sites for hydroxylation is 1. The van der Waals surface area contributed by atoms with Gasteiger partial charge in [-0.3, -0.25) is 9.59 Å². The van der Waals surface area contributed by atoms with Crippen molar-refractivity contribution in [2.75, 3.05) is 11.4 Å². The molecule has 1 saturated heterocycles. The summed E-state index contributed by atoms with van der Waals surface area (Å²) in [7, 11) is 0. The van der Waals surface area contributed by atoms with Gasteiger partial charge < -0.3 is 10.2 Å². The number of anilines is 1. The van der Waals surface area contributed by atoms with Crippen LogP contribution >= 0.6 is 0 Å². The number of nitrogens with zero attached hydrogens (tertiary/aromatic N) is 1. The van der Waals surface area contributed by atoms with Crippen LogP contribution in [0.3, 0.4) is 0 Å². The molecule has 1 fully saturated rings.